The highest BCUT2D eigenvalue weighted by atomic mass is 32.2. The normalized spacial score (nSPS) is 36.6. The second-order valence-electron chi connectivity index (χ2n) is 9.81. The first-order valence-electron chi connectivity index (χ1n) is 10.6. The molecular weight excluding hydrogens is 356 g/mol. The van der Waals surface area contributed by atoms with Crippen molar-refractivity contribution >= 4 is 10.0 Å². The van der Waals surface area contributed by atoms with Gasteiger partial charge in [0.2, 0.25) is 10.0 Å². The van der Waals surface area contributed by atoms with Crippen molar-refractivity contribution in [1.29, 1.82) is 0 Å². The molecule has 0 N–H and O–H groups in total. The average molecular weight is 389 g/mol. The molecule has 4 nitrogen and oxygen atoms in total. The van der Waals surface area contributed by atoms with Gasteiger partial charge < -0.3 is 0 Å². The first kappa shape index (κ1) is 18.1. The van der Waals surface area contributed by atoms with Crippen molar-refractivity contribution < 1.29 is 8.42 Å². The molecule has 4 bridgehead atoms. The molecule has 0 aromatic heterocycles. The molecular formula is C22H32N2O2S. The van der Waals surface area contributed by atoms with E-state index < -0.39 is 10.0 Å². The Morgan fingerprint density at radius 2 is 1.44 bits per heavy atom. The molecule has 5 fully saturated rings. The molecule has 1 aliphatic heterocycles. The Hall–Kier alpha value is -0.910. The van der Waals surface area contributed by atoms with Crippen LogP contribution in [-0.2, 0) is 10.0 Å². The number of nitrogens with zero attached hydrogens (tertiary/aromatic N) is 2. The van der Waals surface area contributed by atoms with Crippen LogP contribution in [0.3, 0.4) is 0 Å². The maximum absolute atomic E-state index is 13.3. The van der Waals surface area contributed by atoms with Crippen molar-refractivity contribution in [1.82, 2.24) is 9.21 Å². The minimum absolute atomic E-state index is 0.405. The molecule has 27 heavy (non-hydrogen) atoms. The van der Waals surface area contributed by atoms with Crippen LogP contribution in [0.1, 0.15) is 48.8 Å². The molecule has 0 spiro atoms. The average Bonchev–Trinajstić information content (AvgIpc) is 3.01. The lowest BCUT2D eigenvalue weighted by Crippen LogP contribution is -2.58. The first-order valence-corrected chi connectivity index (χ1v) is 12.1. The molecule has 2 unspecified atom stereocenters. The molecule has 5 aliphatic rings. The summed E-state index contributed by atoms with van der Waals surface area (Å²) >= 11 is 0. The van der Waals surface area contributed by atoms with Crippen molar-refractivity contribution in [3.63, 3.8) is 0 Å². The molecule has 2 atom stereocenters. The summed E-state index contributed by atoms with van der Waals surface area (Å²) in [4.78, 5) is 3.20. The van der Waals surface area contributed by atoms with Crippen molar-refractivity contribution in [2.24, 2.45) is 17.8 Å². The highest BCUT2D eigenvalue weighted by molar-refractivity contribution is 7.89. The fourth-order valence-corrected chi connectivity index (χ4v) is 9.09. The van der Waals surface area contributed by atoms with Crippen LogP contribution in [0, 0.1) is 38.5 Å². The number of piperazine rings is 1. The molecule has 5 heteroatoms. The third-order valence-corrected chi connectivity index (χ3v) is 10.2. The van der Waals surface area contributed by atoms with Crippen LogP contribution in [-0.4, -0.2) is 49.3 Å². The zero-order chi connectivity index (χ0) is 19.0. The van der Waals surface area contributed by atoms with Crippen LogP contribution < -0.4 is 0 Å². The summed E-state index contributed by atoms with van der Waals surface area (Å²) in [5.41, 5.74) is 3.28. The van der Waals surface area contributed by atoms with E-state index >= 15 is 0 Å². The highest BCUT2D eigenvalue weighted by Crippen LogP contribution is 2.62. The summed E-state index contributed by atoms with van der Waals surface area (Å²) in [6.07, 6.45) is 7.04. The number of aryl methyl sites for hydroxylation is 3. The van der Waals surface area contributed by atoms with Gasteiger partial charge in [-0.1, -0.05) is 17.7 Å². The van der Waals surface area contributed by atoms with E-state index in [-0.39, 0.29) is 0 Å². The van der Waals surface area contributed by atoms with E-state index in [1.807, 2.05) is 32.9 Å². The van der Waals surface area contributed by atoms with Crippen molar-refractivity contribution in [3.8, 4) is 0 Å². The van der Waals surface area contributed by atoms with Gasteiger partial charge in [-0.3, -0.25) is 4.90 Å². The summed E-state index contributed by atoms with van der Waals surface area (Å²) in [5.74, 6) is 2.87. The van der Waals surface area contributed by atoms with Gasteiger partial charge in [-0.05, 0) is 81.8 Å². The van der Waals surface area contributed by atoms with Gasteiger partial charge in [0, 0.05) is 31.7 Å². The monoisotopic (exact) mass is 388 g/mol. The Morgan fingerprint density at radius 1 is 0.889 bits per heavy atom. The van der Waals surface area contributed by atoms with Crippen LogP contribution >= 0.6 is 0 Å². The minimum atomic E-state index is -3.41. The Labute approximate surface area is 164 Å². The summed E-state index contributed by atoms with van der Waals surface area (Å²) in [5, 5.41) is 0. The molecule has 4 aliphatic carbocycles. The van der Waals surface area contributed by atoms with E-state index in [0.717, 1.165) is 47.5 Å². The Morgan fingerprint density at radius 3 is 1.96 bits per heavy atom. The van der Waals surface area contributed by atoms with Gasteiger partial charge in [0.1, 0.15) is 0 Å². The Kier molecular flexibility index (Phi) is 4.06. The predicted octanol–water partition coefficient (Wildman–Crippen LogP) is 3.50. The lowest BCUT2D eigenvalue weighted by molar-refractivity contribution is 0.0110. The molecule has 4 saturated carbocycles. The van der Waals surface area contributed by atoms with Gasteiger partial charge in [-0.15, -0.1) is 0 Å². The van der Waals surface area contributed by atoms with E-state index in [0.29, 0.717) is 23.5 Å². The molecule has 1 saturated heterocycles. The Balaban J connectivity index is 1.34. The molecule has 1 aromatic rings. The molecule has 148 valence electrons. The number of benzene rings is 1. The predicted molar refractivity (Wildman–Crippen MR) is 107 cm³/mol. The number of hydrogen-bond acceptors (Lipinski definition) is 3. The lowest BCUT2D eigenvalue weighted by atomic mass is 9.74. The lowest BCUT2D eigenvalue weighted by Gasteiger charge is -2.50. The zero-order valence-electron chi connectivity index (χ0n) is 16.9. The van der Waals surface area contributed by atoms with Gasteiger partial charge in [0.25, 0.3) is 0 Å². The summed E-state index contributed by atoms with van der Waals surface area (Å²) < 4.78 is 28.4. The topological polar surface area (TPSA) is 40.6 Å². The van der Waals surface area contributed by atoms with Crippen LogP contribution in [0.4, 0.5) is 0 Å². The van der Waals surface area contributed by atoms with E-state index in [1.54, 1.807) is 4.31 Å². The Bertz CT molecular complexity index is 828. The first-order chi connectivity index (χ1) is 12.8. The molecule has 0 radical (unpaired) electrons. The summed E-state index contributed by atoms with van der Waals surface area (Å²) in [6.45, 7) is 8.95. The van der Waals surface area contributed by atoms with Gasteiger partial charge in [0.05, 0.1) is 4.90 Å². The highest BCUT2D eigenvalue weighted by Gasteiger charge is 2.58. The SMILES string of the molecule is Cc1cc(C)c(S(=O)(=O)N2CCN(C34CC5CC(C3)C(C5)C4)CC2)c(C)c1. The maximum Gasteiger partial charge on any atom is 0.243 e. The number of hydrogen-bond donors (Lipinski definition) is 0. The molecule has 0 amide bonds. The fourth-order valence-electron chi connectivity index (χ4n) is 7.26. The van der Waals surface area contributed by atoms with Gasteiger partial charge in [-0.2, -0.15) is 4.31 Å². The van der Waals surface area contributed by atoms with E-state index in [2.05, 4.69) is 4.90 Å². The second-order valence-corrected chi connectivity index (χ2v) is 11.7. The smallest absolute Gasteiger partial charge is 0.243 e. The third kappa shape index (κ3) is 2.72. The van der Waals surface area contributed by atoms with Crippen molar-refractivity contribution in [2.75, 3.05) is 26.2 Å². The van der Waals surface area contributed by atoms with Crippen molar-refractivity contribution in [3.05, 3.63) is 28.8 Å². The maximum atomic E-state index is 13.3. The number of sulfonamides is 1. The van der Waals surface area contributed by atoms with Gasteiger partial charge >= 0.3 is 0 Å². The van der Waals surface area contributed by atoms with E-state index in [9.17, 15) is 8.42 Å². The third-order valence-electron chi connectivity index (χ3n) is 8.00. The summed E-state index contributed by atoms with van der Waals surface area (Å²) in [6, 6.07) is 3.98. The molecule has 6 rings (SSSR count). The van der Waals surface area contributed by atoms with Crippen LogP contribution in [0.25, 0.3) is 0 Å². The van der Waals surface area contributed by atoms with Crippen LogP contribution in [0.2, 0.25) is 0 Å². The second kappa shape index (κ2) is 6.04. The fraction of sp³-hybridized carbons (Fsp3) is 0.727. The minimum Gasteiger partial charge on any atom is -0.295 e. The van der Waals surface area contributed by atoms with E-state index in [1.165, 1.54) is 32.1 Å². The van der Waals surface area contributed by atoms with Gasteiger partial charge in [0.15, 0.2) is 0 Å². The van der Waals surface area contributed by atoms with Crippen LogP contribution in [0.15, 0.2) is 17.0 Å². The largest absolute Gasteiger partial charge is 0.295 e. The van der Waals surface area contributed by atoms with E-state index in [4.69, 9.17) is 0 Å². The number of rotatable bonds is 3. The zero-order valence-corrected chi connectivity index (χ0v) is 17.7. The summed E-state index contributed by atoms with van der Waals surface area (Å²) in [7, 11) is -3.41. The van der Waals surface area contributed by atoms with Crippen LogP contribution in [0.5, 0.6) is 0 Å². The molecule has 1 heterocycles. The van der Waals surface area contributed by atoms with Gasteiger partial charge in [-0.25, -0.2) is 8.42 Å². The standard InChI is InChI=1S/C22H32N2O2S/c1-15-8-16(2)21(17(3)9-15)27(25,26)24-6-4-23(5-7-24)22-12-18-10-19(13-22)20(11-18)14-22/h8-9,18-20H,4-7,10-14H2,1-3H3. The van der Waals surface area contributed by atoms with Crippen molar-refractivity contribution in [2.45, 2.75) is 63.3 Å². The quantitative estimate of drug-likeness (QED) is 0.796. The molecule has 1 aromatic carbocycles.